The third-order valence-corrected chi connectivity index (χ3v) is 3.07. The van der Waals surface area contributed by atoms with Gasteiger partial charge in [-0.1, -0.05) is 0 Å². The number of hydrogen-bond acceptors (Lipinski definition) is 4. The Hall–Kier alpha value is -2.15. The molecule has 1 unspecified atom stereocenters. The van der Waals surface area contributed by atoms with E-state index in [1.165, 1.54) is 17.0 Å². The highest BCUT2D eigenvalue weighted by molar-refractivity contribution is 5.99. The monoisotopic (exact) mass is 282 g/mol. The van der Waals surface area contributed by atoms with Gasteiger partial charge < -0.3 is 20.5 Å². The molecule has 0 radical (unpaired) electrons. The van der Waals surface area contributed by atoms with Crippen molar-refractivity contribution < 1.29 is 23.8 Å². The van der Waals surface area contributed by atoms with Crippen LogP contribution in [0, 0.1) is 5.82 Å². The Bertz CT molecular complexity index is 535. The van der Waals surface area contributed by atoms with Crippen LogP contribution in [0.4, 0.5) is 10.1 Å². The minimum absolute atomic E-state index is 0.0842. The lowest BCUT2D eigenvalue weighted by molar-refractivity contribution is -0.141. The number of nitrogens with zero attached hydrogens (tertiary/aromatic N) is 1. The van der Waals surface area contributed by atoms with Crippen LogP contribution in [-0.4, -0.2) is 47.7 Å². The van der Waals surface area contributed by atoms with Gasteiger partial charge in [-0.3, -0.25) is 9.59 Å². The predicted molar refractivity (Wildman–Crippen MR) is 68.7 cm³/mol. The van der Waals surface area contributed by atoms with Gasteiger partial charge in [-0.2, -0.15) is 0 Å². The molecule has 3 N–H and O–H groups in total. The number of carboxylic acids is 1. The number of rotatable bonds is 3. The molecule has 0 bridgehead atoms. The fourth-order valence-electron chi connectivity index (χ4n) is 2.11. The van der Waals surface area contributed by atoms with Crippen molar-refractivity contribution in [2.75, 3.05) is 25.4 Å². The zero-order valence-corrected chi connectivity index (χ0v) is 10.7. The van der Waals surface area contributed by atoms with Gasteiger partial charge in [0.2, 0.25) is 0 Å². The highest BCUT2D eigenvalue weighted by Crippen LogP contribution is 2.18. The molecule has 0 saturated carbocycles. The number of amides is 1. The standard InChI is InChI=1S/C13H15FN2O4/c14-8-1-2-11(15)10(5-8)13(19)16-3-4-20-9(7-16)6-12(17)18/h1-2,5,9H,3-4,6-7,15H2,(H,17,18). The lowest BCUT2D eigenvalue weighted by atomic mass is 10.1. The van der Waals surface area contributed by atoms with Crippen molar-refractivity contribution >= 4 is 17.6 Å². The quantitative estimate of drug-likeness (QED) is 0.797. The van der Waals surface area contributed by atoms with E-state index in [9.17, 15) is 14.0 Å². The second-order valence-corrected chi connectivity index (χ2v) is 4.57. The van der Waals surface area contributed by atoms with Gasteiger partial charge in [-0.25, -0.2) is 4.39 Å². The minimum Gasteiger partial charge on any atom is -0.481 e. The summed E-state index contributed by atoms with van der Waals surface area (Å²) in [5.74, 6) is -1.95. The average Bonchev–Trinajstić information content (AvgIpc) is 2.40. The topological polar surface area (TPSA) is 92.9 Å². The summed E-state index contributed by atoms with van der Waals surface area (Å²) in [5, 5.41) is 8.74. The van der Waals surface area contributed by atoms with Crippen molar-refractivity contribution in [3.05, 3.63) is 29.6 Å². The summed E-state index contributed by atoms with van der Waals surface area (Å²) in [5.41, 5.74) is 5.95. The Balaban J connectivity index is 2.12. The van der Waals surface area contributed by atoms with Crippen LogP contribution in [-0.2, 0) is 9.53 Å². The van der Waals surface area contributed by atoms with Crippen LogP contribution in [0.25, 0.3) is 0 Å². The maximum absolute atomic E-state index is 13.2. The first-order valence-electron chi connectivity index (χ1n) is 6.15. The highest BCUT2D eigenvalue weighted by atomic mass is 19.1. The number of aliphatic carboxylic acids is 1. The molecule has 1 atom stereocenters. The van der Waals surface area contributed by atoms with Gasteiger partial charge in [0.15, 0.2) is 0 Å². The van der Waals surface area contributed by atoms with E-state index in [0.29, 0.717) is 6.54 Å². The summed E-state index contributed by atoms with van der Waals surface area (Å²) < 4.78 is 18.5. The second kappa shape index (κ2) is 5.87. The molecule has 2 rings (SSSR count). The molecule has 7 heteroatoms. The largest absolute Gasteiger partial charge is 0.481 e. The molecule has 1 heterocycles. The van der Waals surface area contributed by atoms with E-state index < -0.39 is 23.8 Å². The normalized spacial score (nSPS) is 18.9. The number of carbonyl (C=O) groups excluding carboxylic acids is 1. The molecule has 1 amide bonds. The van der Waals surface area contributed by atoms with E-state index >= 15 is 0 Å². The van der Waals surface area contributed by atoms with Crippen molar-refractivity contribution in [3.8, 4) is 0 Å². The third-order valence-electron chi connectivity index (χ3n) is 3.07. The van der Waals surface area contributed by atoms with E-state index in [1.807, 2.05) is 0 Å². The van der Waals surface area contributed by atoms with Crippen LogP contribution in [0.3, 0.4) is 0 Å². The summed E-state index contributed by atoms with van der Waals surface area (Å²) in [7, 11) is 0. The molecule has 108 valence electrons. The number of nitrogens with two attached hydrogens (primary N) is 1. The number of anilines is 1. The van der Waals surface area contributed by atoms with Crippen LogP contribution in [0.2, 0.25) is 0 Å². The number of nitrogen functional groups attached to an aromatic ring is 1. The molecule has 1 aromatic rings. The number of carboxylic acid groups (broad SMARTS) is 1. The first-order valence-corrected chi connectivity index (χ1v) is 6.15. The van der Waals surface area contributed by atoms with Crippen molar-refractivity contribution in [2.45, 2.75) is 12.5 Å². The minimum atomic E-state index is -0.991. The first kappa shape index (κ1) is 14.3. The van der Waals surface area contributed by atoms with Gasteiger partial charge in [0.1, 0.15) is 5.82 Å². The van der Waals surface area contributed by atoms with Crippen molar-refractivity contribution in [1.82, 2.24) is 4.90 Å². The van der Waals surface area contributed by atoms with Crippen LogP contribution < -0.4 is 5.73 Å². The zero-order chi connectivity index (χ0) is 14.7. The number of carbonyl (C=O) groups is 2. The maximum atomic E-state index is 13.2. The number of hydrogen-bond donors (Lipinski definition) is 2. The fraction of sp³-hybridized carbons (Fsp3) is 0.385. The predicted octanol–water partition coefficient (Wildman–Crippen LogP) is 0.724. The Labute approximate surface area is 114 Å². The van der Waals surface area contributed by atoms with Gasteiger partial charge in [0.05, 0.1) is 24.7 Å². The Kier molecular flexibility index (Phi) is 4.19. The van der Waals surface area contributed by atoms with Gasteiger partial charge in [-0.05, 0) is 18.2 Å². The highest BCUT2D eigenvalue weighted by Gasteiger charge is 2.27. The Morgan fingerprint density at radius 1 is 1.50 bits per heavy atom. The van der Waals surface area contributed by atoms with E-state index in [4.69, 9.17) is 15.6 Å². The summed E-state index contributed by atoms with van der Waals surface area (Å²) in [6.45, 7) is 0.727. The molecule has 20 heavy (non-hydrogen) atoms. The number of halogens is 1. The van der Waals surface area contributed by atoms with E-state index in [2.05, 4.69) is 0 Å². The Morgan fingerprint density at radius 2 is 2.25 bits per heavy atom. The SMILES string of the molecule is Nc1ccc(F)cc1C(=O)N1CCOC(CC(=O)O)C1. The van der Waals surface area contributed by atoms with Crippen LogP contribution in [0.15, 0.2) is 18.2 Å². The van der Waals surface area contributed by atoms with Crippen molar-refractivity contribution in [1.29, 1.82) is 0 Å². The summed E-state index contributed by atoms with van der Waals surface area (Å²) in [6.07, 6.45) is -0.734. The number of benzene rings is 1. The number of morpholine rings is 1. The van der Waals surface area contributed by atoms with Crippen molar-refractivity contribution in [3.63, 3.8) is 0 Å². The van der Waals surface area contributed by atoms with Gasteiger partial charge >= 0.3 is 5.97 Å². The van der Waals surface area contributed by atoms with Crippen LogP contribution >= 0.6 is 0 Å². The van der Waals surface area contributed by atoms with Gasteiger partial charge in [0, 0.05) is 18.8 Å². The van der Waals surface area contributed by atoms with E-state index in [-0.39, 0.29) is 30.8 Å². The first-order chi connectivity index (χ1) is 9.47. The zero-order valence-electron chi connectivity index (χ0n) is 10.7. The summed E-state index contributed by atoms with van der Waals surface area (Å²) in [6, 6.07) is 3.59. The summed E-state index contributed by atoms with van der Waals surface area (Å²) >= 11 is 0. The van der Waals surface area contributed by atoms with Gasteiger partial charge in [-0.15, -0.1) is 0 Å². The summed E-state index contributed by atoms with van der Waals surface area (Å²) in [4.78, 5) is 24.4. The molecule has 0 aromatic heterocycles. The smallest absolute Gasteiger partial charge is 0.306 e. The lowest BCUT2D eigenvalue weighted by Gasteiger charge is -2.32. The molecular weight excluding hydrogens is 267 g/mol. The maximum Gasteiger partial charge on any atom is 0.306 e. The molecular formula is C13H15FN2O4. The number of ether oxygens (including phenoxy) is 1. The van der Waals surface area contributed by atoms with Crippen LogP contribution in [0.5, 0.6) is 0 Å². The molecule has 1 aliphatic heterocycles. The van der Waals surface area contributed by atoms with Crippen molar-refractivity contribution in [2.24, 2.45) is 0 Å². The third kappa shape index (κ3) is 3.24. The molecule has 1 saturated heterocycles. The fourth-order valence-corrected chi connectivity index (χ4v) is 2.11. The molecule has 6 nitrogen and oxygen atoms in total. The van der Waals surface area contributed by atoms with Crippen LogP contribution in [0.1, 0.15) is 16.8 Å². The molecule has 0 aliphatic carbocycles. The van der Waals surface area contributed by atoms with E-state index in [0.717, 1.165) is 6.07 Å². The molecule has 0 spiro atoms. The van der Waals surface area contributed by atoms with E-state index in [1.54, 1.807) is 0 Å². The Morgan fingerprint density at radius 3 is 2.95 bits per heavy atom. The molecule has 1 aliphatic rings. The second-order valence-electron chi connectivity index (χ2n) is 4.57. The van der Waals surface area contributed by atoms with Gasteiger partial charge in [0.25, 0.3) is 5.91 Å². The molecule has 1 fully saturated rings. The molecule has 1 aromatic carbocycles. The lowest BCUT2D eigenvalue weighted by Crippen LogP contribution is -2.46. The average molecular weight is 282 g/mol.